The van der Waals surface area contributed by atoms with E-state index in [-0.39, 0.29) is 16.9 Å². The van der Waals surface area contributed by atoms with E-state index in [2.05, 4.69) is 0 Å². The van der Waals surface area contributed by atoms with Crippen molar-refractivity contribution < 1.29 is 19.8 Å². The molecule has 6 nitrogen and oxygen atoms in total. The van der Waals surface area contributed by atoms with Gasteiger partial charge in [0.2, 0.25) is 0 Å². The Labute approximate surface area is 190 Å². The fraction of sp³-hybridized carbons (Fsp3) is 0.200. The molecule has 1 heterocycles. The maximum Gasteiger partial charge on any atom is 0.295 e. The van der Waals surface area contributed by atoms with Crippen molar-refractivity contribution in [2.24, 2.45) is 0 Å². The molecule has 0 spiro atoms. The molecule has 1 unspecified atom stereocenters. The largest absolute Gasteiger partial charge is 0.507 e. The van der Waals surface area contributed by atoms with Crippen molar-refractivity contribution in [3.05, 3.63) is 82.4 Å². The fourth-order valence-corrected chi connectivity index (χ4v) is 4.13. The standard InChI is InChI=1S/C25H23ClN2O4/c1-27(2)13-14-28-21(16-7-10-17(26)11-8-16)20(24(31)25(28)32)23(30)19-12-9-15-5-3-4-6-18(15)22(19)29/h3-12,21,29-30H,13-14H2,1-2H3/b23-20+. The highest BCUT2D eigenvalue weighted by molar-refractivity contribution is 6.46. The summed E-state index contributed by atoms with van der Waals surface area (Å²) in [6.07, 6.45) is 0. The SMILES string of the molecule is CN(C)CCN1C(=O)C(=O)/C(=C(/O)c2ccc3ccccc3c2O)C1c1ccc(Cl)cc1. The van der Waals surface area contributed by atoms with Gasteiger partial charge in [-0.1, -0.05) is 54.1 Å². The van der Waals surface area contributed by atoms with Crippen LogP contribution in [0.25, 0.3) is 16.5 Å². The number of phenols is 1. The lowest BCUT2D eigenvalue weighted by Crippen LogP contribution is -2.35. The molecule has 164 valence electrons. The second kappa shape index (κ2) is 8.65. The van der Waals surface area contributed by atoms with E-state index in [0.717, 1.165) is 5.39 Å². The Bertz CT molecular complexity index is 1230. The lowest BCUT2D eigenvalue weighted by molar-refractivity contribution is -0.140. The monoisotopic (exact) mass is 450 g/mol. The molecule has 7 heteroatoms. The minimum absolute atomic E-state index is 0.0540. The molecule has 0 radical (unpaired) electrons. The number of hydrogen-bond donors (Lipinski definition) is 2. The number of aliphatic hydroxyl groups is 1. The van der Waals surface area contributed by atoms with Crippen molar-refractivity contribution in [2.45, 2.75) is 6.04 Å². The number of halogens is 1. The van der Waals surface area contributed by atoms with Crippen LogP contribution in [0.5, 0.6) is 5.75 Å². The number of nitrogens with zero attached hydrogens (tertiary/aromatic N) is 2. The topological polar surface area (TPSA) is 81.1 Å². The van der Waals surface area contributed by atoms with Crippen LogP contribution in [0.2, 0.25) is 5.02 Å². The van der Waals surface area contributed by atoms with Crippen molar-refractivity contribution >= 4 is 39.8 Å². The zero-order chi connectivity index (χ0) is 23.0. The highest BCUT2D eigenvalue weighted by atomic mass is 35.5. The van der Waals surface area contributed by atoms with Gasteiger partial charge in [-0.15, -0.1) is 0 Å². The van der Waals surface area contributed by atoms with Gasteiger partial charge in [-0.3, -0.25) is 9.59 Å². The highest BCUT2D eigenvalue weighted by Gasteiger charge is 2.46. The Balaban J connectivity index is 1.90. The number of aliphatic hydroxyl groups excluding tert-OH is 1. The summed E-state index contributed by atoms with van der Waals surface area (Å²) in [6, 6.07) is 16.5. The first-order chi connectivity index (χ1) is 15.3. The number of hydrogen-bond acceptors (Lipinski definition) is 5. The number of carbonyl (C=O) groups excluding carboxylic acids is 2. The predicted molar refractivity (Wildman–Crippen MR) is 125 cm³/mol. The van der Waals surface area contributed by atoms with Gasteiger partial charge >= 0.3 is 0 Å². The normalized spacial score (nSPS) is 18.1. The minimum atomic E-state index is -0.793. The van der Waals surface area contributed by atoms with Gasteiger partial charge in [-0.2, -0.15) is 0 Å². The number of likely N-dealkylation sites (N-methyl/N-ethyl adjacent to an activating group) is 1. The summed E-state index contributed by atoms with van der Waals surface area (Å²) in [7, 11) is 3.75. The van der Waals surface area contributed by atoms with Crippen LogP contribution in [0.3, 0.4) is 0 Å². The zero-order valence-corrected chi connectivity index (χ0v) is 18.5. The smallest absolute Gasteiger partial charge is 0.295 e. The van der Waals surface area contributed by atoms with E-state index in [9.17, 15) is 19.8 Å². The molecule has 0 aliphatic carbocycles. The van der Waals surface area contributed by atoms with E-state index >= 15 is 0 Å². The summed E-state index contributed by atoms with van der Waals surface area (Å²) < 4.78 is 0. The molecular weight excluding hydrogens is 428 g/mol. The number of benzene rings is 3. The first kappa shape index (κ1) is 21.9. The third kappa shape index (κ3) is 3.83. The van der Waals surface area contributed by atoms with Gasteiger partial charge in [0.05, 0.1) is 17.2 Å². The summed E-state index contributed by atoms with van der Waals surface area (Å²) in [4.78, 5) is 29.4. The van der Waals surface area contributed by atoms with Crippen LogP contribution in [-0.2, 0) is 9.59 Å². The van der Waals surface area contributed by atoms with Crippen molar-refractivity contribution in [3.8, 4) is 5.75 Å². The lowest BCUT2D eigenvalue weighted by atomic mass is 9.94. The van der Waals surface area contributed by atoms with Crippen LogP contribution in [0.4, 0.5) is 0 Å². The molecule has 3 aromatic rings. The van der Waals surface area contributed by atoms with Crippen molar-refractivity contribution in [1.29, 1.82) is 0 Å². The number of phenolic OH excluding ortho intramolecular Hbond substituents is 1. The molecular formula is C25H23ClN2O4. The maximum atomic E-state index is 13.1. The van der Waals surface area contributed by atoms with Gasteiger partial charge in [0.25, 0.3) is 11.7 Å². The molecule has 1 aliphatic rings. The molecule has 4 rings (SSSR count). The summed E-state index contributed by atoms with van der Waals surface area (Å²) in [5, 5.41) is 23.9. The van der Waals surface area contributed by atoms with Crippen LogP contribution in [0, 0.1) is 0 Å². The molecule has 1 aliphatic heterocycles. The molecule has 1 saturated heterocycles. The van der Waals surface area contributed by atoms with Crippen LogP contribution >= 0.6 is 11.6 Å². The quantitative estimate of drug-likeness (QED) is 0.346. The number of amides is 1. The number of rotatable bonds is 5. The number of Topliss-reactive ketones (excluding diaryl/α,β-unsaturated/α-hetero) is 1. The van der Waals surface area contributed by atoms with Crippen molar-refractivity contribution in [1.82, 2.24) is 9.80 Å². The molecule has 1 atom stereocenters. The van der Waals surface area contributed by atoms with Crippen LogP contribution < -0.4 is 0 Å². The number of carbonyl (C=O) groups is 2. The fourth-order valence-electron chi connectivity index (χ4n) is 4.00. The van der Waals surface area contributed by atoms with Gasteiger partial charge in [0.15, 0.2) is 0 Å². The molecule has 3 aromatic carbocycles. The van der Waals surface area contributed by atoms with Crippen LogP contribution in [0.1, 0.15) is 17.2 Å². The molecule has 1 fully saturated rings. The average molecular weight is 451 g/mol. The molecule has 2 N–H and O–H groups in total. The summed E-state index contributed by atoms with van der Waals surface area (Å²) in [6.45, 7) is 0.837. The van der Waals surface area contributed by atoms with E-state index < -0.39 is 23.5 Å². The predicted octanol–water partition coefficient (Wildman–Crippen LogP) is 4.18. The number of likely N-dealkylation sites (tertiary alicyclic amines) is 1. The summed E-state index contributed by atoms with van der Waals surface area (Å²) in [5.74, 6) is -2.02. The highest BCUT2D eigenvalue weighted by Crippen LogP contribution is 2.42. The third-order valence-electron chi connectivity index (χ3n) is 5.67. The molecule has 1 amide bonds. The molecule has 32 heavy (non-hydrogen) atoms. The first-order valence-corrected chi connectivity index (χ1v) is 10.6. The zero-order valence-electron chi connectivity index (χ0n) is 17.7. The number of ketones is 1. The minimum Gasteiger partial charge on any atom is -0.507 e. The molecule has 0 bridgehead atoms. The van der Waals surface area contributed by atoms with Crippen LogP contribution in [-0.4, -0.2) is 58.9 Å². The van der Waals surface area contributed by atoms with Gasteiger partial charge < -0.3 is 20.0 Å². The Hall–Kier alpha value is -3.35. The average Bonchev–Trinajstić information content (AvgIpc) is 3.03. The van der Waals surface area contributed by atoms with E-state index in [0.29, 0.717) is 29.1 Å². The Morgan fingerprint density at radius 2 is 1.72 bits per heavy atom. The molecule has 0 saturated carbocycles. The van der Waals surface area contributed by atoms with Gasteiger partial charge in [-0.25, -0.2) is 0 Å². The number of aromatic hydroxyl groups is 1. The second-order valence-corrected chi connectivity index (χ2v) is 8.47. The summed E-state index contributed by atoms with van der Waals surface area (Å²) >= 11 is 6.04. The van der Waals surface area contributed by atoms with E-state index in [1.165, 1.54) is 4.90 Å². The maximum absolute atomic E-state index is 13.1. The second-order valence-electron chi connectivity index (χ2n) is 8.03. The first-order valence-electron chi connectivity index (χ1n) is 10.2. The van der Waals surface area contributed by atoms with E-state index in [4.69, 9.17) is 11.6 Å². The van der Waals surface area contributed by atoms with Gasteiger partial charge in [0.1, 0.15) is 11.5 Å². The third-order valence-corrected chi connectivity index (χ3v) is 5.92. The Morgan fingerprint density at radius 1 is 1.03 bits per heavy atom. The van der Waals surface area contributed by atoms with Crippen molar-refractivity contribution in [2.75, 3.05) is 27.2 Å². The van der Waals surface area contributed by atoms with Gasteiger partial charge in [0, 0.05) is 23.5 Å². The number of fused-ring (bicyclic) bond motifs is 1. The molecule has 0 aromatic heterocycles. The summed E-state index contributed by atoms with van der Waals surface area (Å²) in [5.41, 5.74) is 0.698. The Morgan fingerprint density at radius 3 is 2.41 bits per heavy atom. The lowest BCUT2D eigenvalue weighted by Gasteiger charge is -2.26. The van der Waals surface area contributed by atoms with Crippen LogP contribution in [0.15, 0.2) is 66.2 Å². The van der Waals surface area contributed by atoms with Crippen molar-refractivity contribution in [3.63, 3.8) is 0 Å². The van der Waals surface area contributed by atoms with Gasteiger partial charge in [-0.05, 0) is 43.2 Å². The van der Waals surface area contributed by atoms with E-state index in [1.54, 1.807) is 48.5 Å². The van der Waals surface area contributed by atoms with E-state index in [1.807, 2.05) is 31.1 Å². The Kier molecular flexibility index (Phi) is 5.91.